The fourth-order valence-corrected chi connectivity index (χ4v) is 2.75. The zero-order valence-corrected chi connectivity index (χ0v) is 11.9. The maximum absolute atomic E-state index is 13.4. The number of para-hydroxylation sites is 1. The van der Waals surface area contributed by atoms with Crippen molar-refractivity contribution >= 4 is 5.69 Å². The van der Waals surface area contributed by atoms with Gasteiger partial charge in [0, 0.05) is 31.4 Å². The van der Waals surface area contributed by atoms with Crippen molar-refractivity contribution in [1.82, 2.24) is 5.32 Å². The smallest absolute Gasteiger partial charge is 0.159 e. The molecule has 1 N–H and O–H groups in total. The summed E-state index contributed by atoms with van der Waals surface area (Å²) in [5, 5.41) is 3.46. The highest BCUT2D eigenvalue weighted by atomic mass is 19.2. The van der Waals surface area contributed by atoms with Crippen LogP contribution in [-0.2, 0) is 13.1 Å². The highest BCUT2D eigenvalue weighted by Crippen LogP contribution is 2.25. The van der Waals surface area contributed by atoms with E-state index in [2.05, 4.69) is 29.3 Å². The first-order chi connectivity index (χ1) is 10.1. The van der Waals surface area contributed by atoms with Gasteiger partial charge in [-0.05, 0) is 36.2 Å². The summed E-state index contributed by atoms with van der Waals surface area (Å²) in [5.41, 5.74) is 3.15. The molecule has 0 radical (unpaired) electrons. The van der Waals surface area contributed by atoms with Crippen molar-refractivity contribution in [3.63, 3.8) is 0 Å². The van der Waals surface area contributed by atoms with E-state index in [4.69, 9.17) is 0 Å². The van der Waals surface area contributed by atoms with E-state index in [1.54, 1.807) is 6.07 Å². The van der Waals surface area contributed by atoms with Crippen LogP contribution >= 0.6 is 0 Å². The molecule has 0 aromatic heterocycles. The molecule has 0 saturated heterocycles. The van der Waals surface area contributed by atoms with Crippen LogP contribution in [0, 0.1) is 11.6 Å². The van der Waals surface area contributed by atoms with Crippen LogP contribution in [0.1, 0.15) is 18.1 Å². The van der Waals surface area contributed by atoms with E-state index in [0.717, 1.165) is 24.3 Å². The maximum Gasteiger partial charge on any atom is 0.159 e. The van der Waals surface area contributed by atoms with Crippen molar-refractivity contribution in [2.45, 2.75) is 26.1 Å². The highest BCUT2D eigenvalue weighted by Gasteiger charge is 2.19. The predicted octanol–water partition coefficient (Wildman–Crippen LogP) is 3.46. The number of halogens is 2. The van der Waals surface area contributed by atoms with Gasteiger partial charge in [-0.15, -0.1) is 0 Å². The molecule has 2 nitrogen and oxygen atoms in total. The first kappa shape index (κ1) is 14.0. The lowest BCUT2D eigenvalue weighted by molar-refractivity contribution is 0.506. The van der Waals surface area contributed by atoms with Crippen molar-refractivity contribution < 1.29 is 8.78 Å². The molecule has 0 amide bonds. The van der Waals surface area contributed by atoms with Gasteiger partial charge in [-0.3, -0.25) is 0 Å². The van der Waals surface area contributed by atoms with Crippen LogP contribution in [0.15, 0.2) is 42.5 Å². The molecule has 1 unspecified atom stereocenters. The predicted molar refractivity (Wildman–Crippen MR) is 80.2 cm³/mol. The Balaban J connectivity index is 1.90. The number of nitrogens with zero attached hydrogens (tertiary/aromatic N) is 1. The standard InChI is InChI=1S/C17H18F2N2/c1-12-10-21(11-13-6-7-15(18)16(19)8-13)17-5-3-2-4-14(17)9-20-12/h2-8,12,20H,9-11H2,1H3. The maximum atomic E-state index is 13.4. The number of nitrogens with one attached hydrogen (secondary N) is 1. The van der Waals surface area contributed by atoms with Gasteiger partial charge in [0.15, 0.2) is 11.6 Å². The van der Waals surface area contributed by atoms with Gasteiger partial charge in [0.2, 0.25) is 0 Å². The number of anilines is 1. The fraction of sp³-hybridized carbons (Fsp3) is 0.294. The number of rotatable bonds is 2. The Hall–Kier alpha value is -1.94. The van der Waals surface area contributed by atoms with Crippen LogP contribution in [0.25, 0.3) is 0 Å². The van der Waals surface area contributed by atoms with E-state index in [0.29, 0.717) is 12.6 Å². The van der Waals surface area contributed by atoms with E-state index in [1.165, 1.54) is 17.7 Å². The lowest BCUT2D eigenvalue weighted by Gasteiger charge is -2.26. The van der Waals surface area contributed by atoms with Gasteiger partial charge in [0.1, 0.15) is 0 Å². The minimum Gasteiger partial charge on any atom is -0.365 e. The topological polar surface area (TPSA) is 15.3 Å². The van der Waals surface area contributed by atoms with Crippen molar-refractivity contribution in [3.8, 4) is 0 Å². The monoisotopic (exact) mass is 288 g/mol. The molecule has 1 heterocycles. The van der Waals surface area contributed by atoms with Crippen LogP contribution < -0.4 is 10.2 Å². The minimum atomic E-state index is -0.801. The Morgan fingerprint density at radius 1 is 1.14 bits per heavy atom. The molecule has 2 aromatic carbocycles. The molecular formula is C17H18F2N2. The van der Waals surface area contributed by atoms with E-state index >= 15 is 0 Å². The number of hydrogen-bond acceptors (Lipinski definition) is 2. The van der Waals surface area contributed by atoms with Crippen LogP contribution in [-0.4, -0.2) is 12.6 Å². The largest absolute Gasteiger partial charge is 0.365 e. The lowest BCUT2D eigenvalue weighted by Crippen LogP contribution is -2.35. The third kappa shape index (κ3) is 3.05. The summed E-state index contributed by atoms with van der Waals surface area (Å²) in [6, 6.07) is 12.6. The molecule has 110 valence electrons. The lowest BCUT2D eigenvalue weighted by atomic mass is 10.1. The molecule has 4 heteroatoms. The highest BCUT2D eigenvalue weighted by molar-refractivity contribution is 5.55. The van der Waals surface area contributed by atoms with Gasteiger partial charge in [-0.2, -0.15) is 0 Å². The molecule has 0 fully saturated rings. The van der Waals surface area contributed by atoms with Crippen LogP contribution in [0.3, 0.4) is 0 Å². The second kappa shape index (κ2) is 5.82. The molecule has 3 rings (SSSR count). The Labute approximate surface area is 123 Å². The molecule has 21 heavy (non-hydrogen) atoms. The second-order valence-electron chi connectivity index (χ2n) is 5.54. The van der Waals surface area contributed by atoms with Gasteiger partial charge >= 0.3 is 0 Å². The van der Waals surface area contributed by atoms with Gasteiger partial charge in [-0.1, -0.05) is 24.3 Å². The number of hydrogen-bond donors (Lipinski definition) is 1. The number of fused-ring (bicyclic) bond motifs is 1. The van der Waals surface area contributed by atoms with Crippen LogP contribution in [0.4, 0.5) is 14.5 Å². The summed E-state index contributed by atoms with van der Waals surface area (Å²) in [6.07, 6.45) is 0. The second-order valence-corrected chi connectivity index (χ2v) is 5.54. The quantitative estimate of drug-likeness (QED) is 0.910. The average Bonchev–Trinajstić information content (AvgIpc) is 2.63. The average molecular weight is 288 g/mol. The minimum absolute atomic E-state index is 0.336. The molecule has 0 saturated carbocycles. The Kier molecular flexibility index (Phi) is 3.88. The Morgan fingerprint density at radius 3 is 2.76 bits per heavy atom. The fourth-order valence-electron chi connectivity index (χ4n) is 2.75. The van der Waals surface area contributed by atoms with Crippen molar-refractivity contribution in [3.05, 3.63) is 65.2 Å². The summed E-state index contributed by atoms with van der Waals surface area (Å²) in [7, 11) is 0. The van der Waals surface area contributed by atoms with E-state index in [9.17, 15) is 8.78 Å². The van der Waals surface area contributed by atoms with Gasteiger partial charge in [0.25, 0.3) is 0 Å². The third-order valence-electron chi connectivity index (χ3n) is 3.82. The summed E-state index contributed by atoms with van der Waals surface area (Å²) in [6.45, 7) is 4.35. The molecule has 1 aliphatic heterocycles. The van der Waals surface area contributed by atoms with Gasteiger partial charge in [0.05, 0.1) is 0 Å². The molecular weight excluding hydrogens is 270 g/mol. The molecule has 0 spiro atoms. The molecule has 2 aromatic rings. The summed E-state index contributed by atoms with van der Waals surface area (Å²) in [5.74, 6) is -1.59. The normalized spacial score (nSPS) is 18.2. The first-order valence-electron chi connectivity index (χ1n) is 7.13. The molecule has 1 atom stereocenters. The molecule has 0 bridgehead atoms. The summed E-state index contributed by atoms with van der Waals surface area (Å²) in [4.78, 5) is 2.21. The Bertz CT molecular complexity index is 642. The van der Waals surface area contributed by atoms with Crippen molar-refractivity contribution in [2.75, 3.05) is 11.4 Å². The van der Waals surface area contributed by atoms with E-state index in [-0.39, 0.29) is 0 Å². The van der Waals surface area contributed by atoms with Crippen molar-refractivity contribution in [1.29, 1.82) is 0 Å². The zero-order chi connectivity index (χ0) is 14.8. The van der Waals surface area contributed by atoms with Crippen LogP contribution in [0.5, 0.6) is 0 Å². The molecule has 1 aliphatic rings. The van der Waals surface area contributed by atoms with Crippen LogP contribution in [0.2, 0.25) is 0 Å². The summed E-state index contributed by atoms with van der Waals surface area (Å²) < 4.78 is 26.4. The molecule has 0 aliphatic carbocycles. The first-order valence-corrected chi connectivity index (χ1v) is 7.13. The zero-order valence-electron chi connectivity index (χ0n) is 11.9. The van der Waals surface area contributed by atoms with E-state index in [1.807, 2.05) is 12.1 Å². The number of benzene rings is 2. The van der Waals surface area contributed by atoms with Gasteiger partial charge in [-0.25, -0.2) is 8.78 Å². The third-order valence-corrected chi connectivity index (χ3v) is 3.82. The summed E-state index contributed by atoms with van der Waals surface area (Å²) >= 11 is 0. The SMILES string of the molecule is CC1CN(Cc2ccc(F)c(F)c2)c2ccccc2CN1. The van der Waals surface area contributed by atoms with Crippen molar-refractivity contribution in [2.24, 2.45) is 0 Å². The van der Waals surface area contributed by atoms with Gasteiger partial charge < -0.3 is 10.2 Å². The Morgan fingerprint density at radius 2 is 1.95 bits per heavy atom. The van der Waals surface area contributed by atoms with E-state index < -0.39 is 11.6 Å².